The van der Waals surface area contributed by atoms with Gasteiger partial charge in [-0.05, 0) is 62.9 Å². The first kappa shape index (κ1) is 23.9. The minimum Gasteiger partial charge on any atom is -0.353 e. The molecule has 8 nitrogen and oxygen atoms in total. The average molecular weight is 495 g/mol. The fourth-order valence-electron chi connectivity index (χ4n) is 5.24. The summed E-state index contributed by atoms with van der Waals surface area (Å²) in [5.41, 5.74) is 9.86. The number of nitrogens with zero attached hydrogens (tertiary/aromatic N) is 5. The van der Waals surface area contributed by atoms with Crippen LogP contribution in [0.25, 0.3) is 27.9 Å². The van der Waals surface area contributed by atoms with Crippen LogP contribution in [0.2, 0.25) is 0 Å². The van der Waals surface area contributed by atoms with E-state index in [2.05, 4.69) is 66.0 Å². The standard InChI is InChI=1S/C26H34N6O2S/c1-15(2)23-24(20-13-32-26(27-14-28-32)17(4)16(20)3)30-22-8-7-21(29-25(22)23)18-11-19(12-18)31(5)9-10-35(6,33)34/h7-8,13-15,18-19,30H,9-12H2,1-6H3. The van der Waals surface area contributed by atoms with E-state index in [9.17, 15) is 8.42 Å². The summed E-state index contributed by atoms with van der Waals surface area (Å²) in [6.07, 6.45) is 6.97. The Morgan fingerprint density at radius 3 is 2.63 bits per heavy atom. The van der Waals surface area contributed by atoms with Crippen molar-refractivity contribution in [3.63, 3.8) is 0 Å². The van der Waals surface area contributed by atoms with Crippen molar-refractivity contribution < 1.29 is 8.42 Å². The number of nitrogens with one attached hydrogen (secondary N) is 1. The number of aryl methyl sites for hydroxylation is 1. The lowest BCUT2D eigenvalue weighted by Gasteiger charge is -2.41. The first-order chi connectivity index (χ1) is 16.5. The molecule has 0 unspecified atom stereocenters. The van der Waals surface area contributed by atoms with Gasteiger partial charge in [-0.2, -0.15) is 5.10 Å². The lowest BCUT2D eigenvalue weighted by atomic mass is 9.77. The van der Waals surface area contributed by atoms with Crippen LogP contribution in [0.5, 0.6) is 0 Å². The molecule has 1 fully saturated rings. The van der Waals surface area contributed by atoms with Gasteiger partial charge in [-0.25, -0.2) is 17.9 Å². The van der Waals surface area contributed by atoms with Crippen LogP contribution >= 0.6 is 0 Å². The van der Waals surface area contributed by atoms with Crippen LogP contribution in [-0.2, 0) is 9.84 Å². The van der Waals surface area contributed by atoms with Crippen LogP contribution in [0.1, 0.15) is 60.9 Å². The number of H-pyrrole nitrogens is 1. The Bertz CT molecular complexity index is 1510. The molecule has 9 heteroatoms. The van der Waals surface area contributed by atoms with Gasteiger partial charge >= 0.3 is 0 Å². The molecule has 0 aromatic carbocycles. The Hall–Kier alpha value is -2.78. The van der Waals surface area contributed by atoms with Gasteiger partial charge in [0, 0.05) is 47.8 Å². The molecule has 0 aliphatic heterocycles. The topological polar surface area (TPSA) is 96.2 Å². The Labute approximate surface area is 206 Å². The molecule has 4 heterocycles. The van der Waals surface area contributed by atoms with E-state index in [1.165, 1.54) is 17.4 Å². The maximum atomic E-state index is 11.5. The van der Waals surface area contributed by atoms with E-state index in [4.69, 9.17) is 4.98 Å². The summed E-state index contributed by atoms with van der Waals surface area (Å²) in [7, 11) is -0.919. The summed E-state index contributed by atoms with van der Waals surface area (Å²) >= 11 is 0. The molecule has 0 amide bonds. The van der Waals surface area contributed by atoms with Gasteiger partial charge in [0.2, 0.25) is 0 Å². The largest absolute Gasteiger partial charge is 0.353 e. The third kappa shape index (κ3) is 4.36. The molecule has 186 valence electrons. The number of hydrogen-bond acceptors (Lipinski definition) is 6. The highest BCUT2D eigenvalue weighted by molar-refractivity contribution is 7.90. The summed E-state index contributed by atoms with van der Waals surface area (Å²) in [6, 6.07) is 4.71. The molecule has 5 rings (SSSR count). The molecule has 0 saturated heterocycles. The molecule has 0 spiro atoms. The second kappa shape index (κ2) is 8.71. The van der Waals surface area contributed by atoms with Crippen LogP contribution in [0.3, 0.4) is 0 Å². The number of fused-ring (bicyclic) bond motifs is 2. The molecule has 1 saturated carbocycles. The van der Waals surface area contributed by atoms with Crippen molar-refractivity contribution in [2.24, 2.45) is 0 Å². The van der Waals surface area contributed by atoms with Crippen molar-refractivity contribution in [1.29, 1.82) is 0 Å². The summed E-state index contributed by atoms with van der Waals surface area (Å²) in [5, 5.41) is 4.38. The molecule has 0 radical (unpaired) electrons. The van der Waals surface area contributed by atoms with Gasteiger partial charge in [-0.1, -0.05) is 13.8 Å². The zero-order chi connectivity index (χ0) is 25.1. The lowest BCUT2D eigenvalue weighted by molar-refractivity contribution is 0.142. The summed E-state index contributed by atoms with van der Waals surface area (Å²) < 4.78 is 24.9. The summed E-state index contributed by atoms with van der Waals surface area (Å²) in [4.78, 5) is 15.4. The molecule has 0 bridgehead atoms. The molecule has 1 aliphatic carbocycles. The van der Waals surface area contributed by atoms with Crippen molar-refractivity contribution in [2.75, 3.05) is 25.6 Å². The maximum Gasteiger partial charge on any atom is 0.158 e. The van der Waals surface area contributed by atoms with Gasteiger partial charge in [0.25, 0.3) is 0 Å². The van der Waals surface area contributed by atoms with Crippen molar-refractivity contribution in [3.05, 3.63) is 47.0 Å². The van der Waals surface area contributed by atoms with E-state index in [1.54, 1.807) is 6.33 Å². The van der Waals surface area contributed by atoms with Crippen LogP contribution in [0.15, 0.2) is 24.7 Å². The molecule has 4 aromatic heterocycles. The van der Waals surface area contributed by atoms with E-state index in [0.29, 0.717) is 24.4 Å². The lowest BCUT2D eigenvalue weighted by Crippen LogP contribution is -2.43. The predicted molar refractivity (Wildman–Crippen MR) is 140 cm³/mol. The zero-order valence-corrected chi connectivity index (χ0v) is 22.1. The molecule has 0 atom stereocenters. The molecule has 1 aliphatic rings. The quantitative estimate of drug-likeness (QED) is 0.413. The maximum absolute atomic E-state index is 11.5. The van der Waals surface area contributed by atoms with Gasteiger partial charge in [-0.15, -0.1) is 0 Å². The Balaban J connectivity index is 1.46. The minimum absolute atomic E-state index is 0.206. The smallest absolute Gasteiger partial charge is 0.158 e. The highest BCUT2D eigenvalue weighted by Gasteiger charge is 2.34. The van der Waals surface area contributed by atoms with E-state index >= 15 is 0 Å². The number of rotatable bonds is 7. The second-order valence-electron chi connectivity index (χ2n) is 10.5. The molecule has 35 heavy (non-hydrogen) atoms. The second-order valence-corrected chi connectivity index (χ2v) is 12.7. The average Bonchev–Trinajstić information content (AvgIpc) is 3.37. The Kier molecular flexibility index (Phi) is 5.96. The van der Waals surface area contributed by atoms with E-state index in [1.807, 2.05) is 11.6 Å². The van der Waals surface area contributed by atoms with Crippen molar-refractivity contribution in [3.8, 4) is 11.3 Å². The third-order valence-corrected chi connectivity index (χ3v) is 8.57. The van der Waals surface area contributed by atoms with Gasteiger partial charge in [0.05, 0.1) is 22.5 Å². The third-order valence-electron chi connectivity index (χ3n) is 7.64. The van der Waals surface area contributed by atoms with Gasteiger partial charge in [-0.3, -0.25) is 4.98 Å². The predicted octanol–water partition coefficient (Wildman–Crippen LogP) is 4.24. The summed E-state index contributed by atoms with van der Waals surface area (Å²) in [6.45, 7) is 9.25. The van der Waals surface area contributed by atoms with Crippen LogP contribution < -0.4 is 0 Å². The van der Waals surface area contributed by atoms with Crippen LogP contribution in [0, 0.1) is 13.8 Å². The number of sulfone groups is 1. The fraction of sp³-hybridized carbons (Fsp3) is 0.500. The van der Waals surface area contributed by atoms with E-state index in [0.717, 1.165) is 52.0 Å². The van der Waals surface area contributed by atoms with Crippen molar-refractivity contribution in [2.45, 2.75) is 58.4 Å². The molecular weight excluding hydrogens is 460 g/mol. The van der Waals surface area contributed by atoms with E-state index < -0.39 is 9.84 Å². The normalized spacial score (nSPS) is 18.7. The highest BCUT2D eigenvalue weighted by Crippen LogP contribution is 2.41. The summed E-state index contributed by atoms with van der Waals surface area (Å²) in [5.74, 6) is 0.903. The van der Waals surface area contributed by atoms with E-state index in [-0.39, 0.29) is 5.75 Å². The Morgan fingerprint density at radius 2 is 1.94 bits per heavy atom. The van der Waals surface area contributed by atoms with Crippen molar-refractivity contribution in [1.82, 2.24) is 29.5 Å². The SMILES string of the molecule is Cc1c(-c2[nH]c3ccc(C4CC(N(C)CCS(C)(=O)=O)C4)nc3c2C(C)C)cn2ncnc2c1C. The Morgan fingerprint density at radius 1 is 1.20 bits per heavy atom. The minimum atomic E-state index is -2.94. The number of pyridine rings is 2. The monoisotopic (exact) mass is 494 g/mol. The van der Waals surface area contributed by atoms with Gasteiger partial charge in [0.1, 0.15) is 16.2 Å². The first-order valence-corrected chi connectivity index (χ1v) is 14.3. The molecular formula is C26H34N6O2S. The number of hydrogen-bond donors (Lipinski definition) is 1. The number of aromatic amines is 1. The van der Waals surface area contributed by atoms with Gasteiger partial charge in [0.15, 0.2) is 5.65 Å². The highest BCUT2D eigenvalue weighted by atomic mass is 32.2. The number of aromatic nitrogens is 5. The van der Waals surface area contributed by atoms with Gasteiger partial charge < -0.3 is 9.88 Å². The molecule has 4 aromatic rings. The first-order valence-electron chi connectivity index (χ1n) is 12.2. The molecule has 1 N–H and O–H groups in total. The van der Waals surface area contributed by atoms with Crippen LogP contribution in [-0.4, -0.2) is 69.5 Å². The zero-order valence-electron chi connectivity index (χ0n) is 21.3. The van der Waals surface area contributed by atoms with Crippen molar-refractivity contribution >= 4 is 26.5 Å². The fourth-order valence-corrected chi connectivity index (χ4v) is 5.86. The van der Waals surface area contributed by atoms with Crippen LogP contribution in [0.4, 0.5) is 0 Å².